The van der Waals surface area contributed by atoms with Gasteiger partial charge in [0.2, 0.25) is 0 Å². The molecule has 0 spiro atoms. The normalized spacial score (nSPS) is 13.8. The van der Waals surface area contributed by atoms with Crippen LogP contribution < -0.4 is 16.2 Å². The zero-order valence-electron chi connectivity index (χ0n) is 19.0. The molecule has 34 heavy (non-hydrogen) atoms. The lowest BCUT2D eigenvalue weighted by atomic mass is 9.85. The number of hydrogen-bond donors (Lipinski definition) is 2. The standard InChI is InChI=1S/C26H26FN5O2/c1-16-21-11-22(27)19(14-28-13-17-5-4-6-17)9-18(21)10-20(30-16)15-29-26(34)23-12-25(33)32-8-3-2-7-24(32)31-23/h2-3,7-12,17,28H,4-6,13-15H2,1H3,(H,29,34). The highest BCUT2D eigenvalue weighted by Crippen LogP contribution is 2.26. The number of nitrogens with one attached hydrogen (secondary N) is 2. The first-order chi connectivity index (χ1) is 16.5. The maximum absolute atomic E-state index is 14.6. The van der Waals surface area contributed by atoms with Crippen LogP contribution >= 0.6 is 0 Å². The molecule has 1 amide bonds. The predicted octanol–water partition coefficient (Wildman–Crippen LogP) is 3.51. The lowest BCUT2D eigenvalue weighted by Gasteiger charge is -2.25. The van der Waals surface area contributed by atoms with Crippen molar-refractivity contribution >= 4 is 22.3 Å². The van der Waals surface area contributed by atoms with Crippen LogP contribution in [0.15, 0.2) is 53.5 Å². The molecule has 7 nitrogen and oxygen atoms in total. The molecule has 4 aromatic rings. The molecule has 0 radical (unpaired) electrons. The average molecular weight is 460 g/mol. The summed E-state index contributed by atoms with van der Waals surface area (Å²) in [5.74, 6) is 0.00905. The van der Waals surface area contributed by atoms with Crippen molar-refractivity contribution in [3.63, 3.8) is 0 Å². The fourth-order valence-corrected chi connectivity index (χ4v) is 4.32. The number of fused-ring (bicyclic) bond motifs is 2. The van der Waals surface area contributed by atoms with E-state index >= 15 is 0 Å². The minimum Gasteiger partial charge on any atom is -0.345 e. The monoisotopic (exact) mass is 459 g/mol. The topological polar surface area (TPSA) is 88.4 Å². The molecule has 174 valence electrons. The maximum Gasteiger partial charge on any atom is 0.270 e. The van der Waals surface area contributed by atoms with Crippen LogP contribution in [-0.4, -0.2) is 26.8 Å². The highest BCUT2D eigenvalue weighted by molar-refractivity contribution is 5.92. The Hall–Kier alpha value is -3.65. The summed E-state index contributed by atoms with van der Waals surface area (Å²) in [6.45, 7) is 3.39. The molecular weight excluding hydrogens is 433 g/mol. The summed E-state index contributed by atoms with van der Waals surface area (Å²) in [5, 5.41) is 7.78. The van der Waals surface area contributed by atoms with Gasteiger partial charge < -0.3 is 10.6 Å². The Balaban J connectivity index is 1.32. The molecule has 3 heterocycles. The van der Waals surface area contributed by atoms with E-state index in [1.54, 1.807) is 24.4 Å². The maximum atomic E-state index is 14.6. The SMILES string of the molecule is Cc1nc(CNC(=O)c2cc(=O)n3ccccc3n2)cc2cc(CNCC3CCC3)c(F)cc12. The van der Waals surface area contributed by atoms with Crippen molar-refractivity contribution in [1.29, 1.82) is 0 Å². The Morgan fingerprint density at radius 3 is 2.79 bits per heavy atom. The van der Waals surface area contributed by atoms with Crippen molar-refractivity contribution in [2.75, 3.05) is 6.54 Å². The lowest BCUT2D eigenvalue weighted by Crippen LogP contribution is -2.27. The molecule has 1 aliphatic rings. The van der Waals surface area contributed by atoms with Gasteiger partial charge >= 0.3 is 0 Å². The smallest absolute Gasteiger partial charge is 0.270 e. The second-order valence-corrected chi connectivity index (χ2v) is 8.88. The van der Waals surface area contributed by atoms with Gasteiger partial charge in [0.1, 0.15) is 17.2 Å². The fourth-order valence-electron chi connectivity index (χ4n) is 4.32. The summed E-state index contributed by atoms with van der Waals surface area (Å²) in [7, 11) is 0. The zero-order valence-corrected chi connectivity index (χ0v) is 19.0. The van der Waals surface area contributed by atoms with E-state index in [4.69, 9.17) is 0 Å². The molecule has 2 N–H and O–H groups in total. The van der Waals surface area contributed by atoms with E-state index in [1.807, 2.05) is 19.1 Å². The number of hydrogen-bond acceptors (Lipinski definition) is 5. The van der Waals surface area contributed by atoms with Gasteiger partial charge in [0.05, 0.1) is 12.2 Å². The Labute approximate surface area is 196 Å². The predicted molar refractivity (Wildman–Crippen MR) is 128 cm³/mol. The molecular formula is C26H26FN5O2. The van der Waals surface area contributed by atoms with Crippen molar-refractivity contribution in [3.05, 3.63) is 87.5 Å². The Morgan fingerprint density at radius 2 is 2.00 bits per heavy atom. The molecule has 1 aliphatic carbocycles. The van der Waals surface area contributed by atoms with Crippen LogP contribution in [0.5, 0.6) is 0 Å². The number of pyridine rings is 2. The van der Waals surface area contributed by atoms with E-state index in [0.717, 1.165) is 17.3 Å². The summed E-state index contributed by atoms with van der Waals surface area (Å²) in [6, 6.07) is 11.6. The number of nitrogens with zero attached hydrogens (tertiary/aromatic N) is 3. The Kier molecular flexibility index (Phi) is 6.06. The van der Waals surface area contributed by atoms with Crippen molar-refractivity contribution in [3.8, 4) is 0 Å². The minimum absolute atomic E-state index is 0.0515. The van der Waals surface area contributed by atoms with Crippen molar-refractivity contribution in [2.24, 2.45) is 5.92 Å². The Morgan fingerprint density at radius 1 is 1.15 bits per heavy atom. The number of benzene rings is 1. The minimum atomic E-state index is -0.456. The van der Waals surface area contributed by atoms with Crippen LogP contribution in [0.1, 0.15) is 46.7 Å². The highest BCUT2D eigenvalue weighted by Gasteiger charge is 2.17. The molecule has 1 saturated carbocycles. The van der Waals surface area contributed by atoms with Gasteiger partial charge in [0.25, 0.3) is 11.5 Å². The first-order valence-corrected chi connectivity index (χ1v) is 11.5. The van der Waals surface area contributed by atoms with Gasteiger partial charge in [-0.3, -0.25) is 19.0 Å². The molecule has 5 rings (SSSR count). The van der Waals surface area contributed by atoms with Gasteiger partial charge in [-0.25, -0.2) is 9.37 Å². The van der Waals surface area contributed by atoms with E-state index in [1.165, 1.54) is 35.8 Å². The van der Waals surface area contributed by atoms with Gasteiger partial charge in [-0.2, -0.15) is 0 Å². The van der Waals surface area contributed by atoms with E-state index in [0.29, 0.717) is 35.1 Å². The van der Waals surface area contributed by atoms with E-state index in [-0.39, 0.29) is 23.6 Å². The number of carbonyl (C=O) groups is 1. The summed E-state index contributed by atoms with van der Waals surface area (Å²) in [6.07, 6.45) is 5.39. The van der Waals surface area contributed by atoms with Gasteiger partial charge in [0, 0.05) is 35.5 Å². The molecule has 0 aliphatic heterocycles. The van der Waals surface area contributed by atoms with Crippen LogP contribution in [0.3, 0.4) is 0 Å². The summed E-state index contributed by atoms with van der Waals surface area (Å²) in [5.41, 5.74) is 2.09. The molecule has 0 atom stereocenters. The highest BCUT2D eigenvalue weighted by atomic mass is 19.1. The number of aromatic nitrogens is 3. The first kappa shape index (κ1) is 22.2. The molecule has 1 aromatic carbocycles. The van der Waals surface area contributed by atoms with Gasteiger partial charge in [-0.1, -0.05) is 12.5 Å². The third-order valence-electron chi connectivity index (χ3n) is 6.45. The number of aryl methyl sites for hydroxylation is 1. The third kappa shape index (κ3) is 4.54. The van der Waals surface area contributed by atoms with E-state index < -0.39 is 5.91 Å². The van der Waals surface area contributed by atoms with Gasteiger partial charge in [0.15, 0.2) is 0 Å². The number of halogens is 1. The summed E-state index contributed by atoms with van der Waals surface area (Å²) < 4.78 is 16.0. The molecule has 1 fully saturated rings. The Bertz CT molecular complexity index is 1440. The van der Waals surface area contributed by atoms with Crippen LogP contribution in [0.25, 0.3) is 16.4 Å². The molecule has 0 bridgehead atoms. The summed E-state index contributed by atoms with van der Waals surface area (Å²) >= 11 is 0. The number of carbonyl (C=O) groups excluding carboxylic acids is 1. The second-order valence-electron chi connectivity index (χ2n) is 8.88. The molecule has 8 heteroatoms. The van der Waals surface area contributed by atoms with E-state index in [9.17, 15) is 14.0 Å². The quantitative estimate of drug-likeness (QED) is 0.442. The van der Waals surface area contributed by atoms with Gasteiger partial charge in [-0.05, 0) is 67.9 Å². The van der Waals surface area contributed by atoms with E-state index in [2.05, 4.69) is 20.6 Å². The van der Waals surface area contributed by atoms with Gasteiger partial charge in [-0.15, -0.1) is 0 Å². The van der Waals surface area contributed by atoms with Crippen LogP contribution in [0, 0.1) is 18.7 Å². The molecule has 0 unspecified atom stereocenters. The molecule has 3 aromatic heterocycles. The number of rotatable bonds is 7. The van der Waals surface area contributed by atoms with Crippen molar-refractivity contribution < 1.29 is 9.18 Å². The van der Waals surface area contributed by atoms with Crippen LogP contribution in [-0.2, 0) is 13.1 Å². The number of amides is 1. The fraction of sp³-hybridized carbons (Fsp3) is 0.308. The average Bonchev–Trinajstić information content (AvgIpc) is 2.80. The third-order valence-corrected chi connectivity index (χ3v) is 6.45. The van der Waals surface area contributed by atoms with Crippen molar-refractivity contribution in [1.82, 2.24) is 25.0 Å². The van der Waals surface area contributed by atoms with Crippen molar-refractivity contribution in [2.45, 2.75) is 39.3 Å². The largest absolute Gasteiger partial charge is 0.345 e. The lowest BCUT2D eigenvalue weighted by molar-refractivity contribution is 0.0945. The van der Waals surface area contributed by atoms with Crippen LogP contribution in [0.2, 0.25) is 0 Å². The van der Waals surface area contributed by atoms with Crippen LogP contribution in [0.4, 0.5) is 4.39 Å². The molecule has 0 saturated heterocycles. The zero-order chi connectivity index (χ0) is 23.7. The second kappa shape index (κ2) is 9.30. The first-order valence-electron chi connectivity index (χ1n) is 11.5. The summed E-state index contributed by atoms with van der Waals surface area (Å²) in [4.78, 5) is 33.7.